The van der Waals surface area contributed by atoms with E-state index in [1.165, 1.54) is 12.8 Å². The summed E-state index contributed by atoms with van der Waals surface area (Å²) >= 11 is 0. The van der Waals surface area contributed by atoms with Gasteiger partial charge in [0, 0.05) is 31.4 Å². The van der Waals surface area contributed by atoms with Crippen LogP contribution in [0.25, 0.3) is 0 Å². The zero-order valence-electron chi connectivity index (χ0n) is 9.98. The molecule has 0 bridgehead atoms. The molecule has 1 aromatic rings. The molecule has 1 unspecified atom stereocenters. The van der Waals surface area contributed by atoms with Crippen molar-refractivity contribution in [2.24, 2.45) is 0 Å². The number of amides is 1. The second-order valence-corrected chi connectivity index (χ2v) is 4.46. The molecule has 2 N–H and O–H groups in total. The molecule has 0 radical (unpaired) electrons. The third-order valence-electron chi connectivity index (χ3n) is 3.12. The van der Waals surface area contributed by atoms with Crippen molar-refractivity contribution in [2.45, 2.75) is 38.3 Å². The number of rotatable bonds is 5. The van der Waals surface area contributed by atoms with Crippen molar-refractivity contribution in [1.29, 1.82) is 0 Å². The van der Waals surface area contributed by atoms with E-state index in [1.54, 1.807) is 12.4 Å². The maximum atomic E-state index is 11.6. The molecule has 1 aliphatic rings. The van der Waals surface area contributed by atoms with Gasteiger partial charge in [-0.2, -0.15) is 0 Å². The van der Waals surface area contributed by atoms with Crippen molar-refractivity contribution in [3.05, 3.63) is 30.1 Å². The van der Waals surface area contributed by atoms with E-state index in [2.05, 4.69) is 15.6 Å². The van der Waals surface area contributed by atoms with E-state index >= 15 is 0 Å². The van der Waals surface area contributed by atoms with E-state index in [-0.39, 0.29) is 5.91 Å². The first-order valence-electron chi connectivity index (χ1n) is 6.23. The Morgan fingerprint density at radius 3 is 3.00 bits per heavy atom. The molecule has 2 heterocycles. The molecule has 1 fully saturated rings. The quantitative estimate of drug-likeness (QED) is 0.804. The topological polar surface area (TPSA) is 54.0 Å². The van der Waals surface area contributed by atoms with Crippen molar-refractivity contribution in [3.8, 4) is 0 Å². The summed E-state index contributed by atoms with van der Waals surface area (Å²) in [5, 5.41) is 6.33. The Morgan fingerprint density at radius 1 is 1.47 bits per heavy atom. The number of hydrogen-bond acceptors (Lipinski definition) is 3. The van der Waals surface area contributed by atoms with Crippen LogP contribution >= 0.6 is 0 Å². The van der Waals surface area contributed by atoms with Gasteiger partial charge in [-0.15, -0.1) is 0 Å². The molecule has 1 aliphatic heterocycles. The first kappa shape index (κ1) is 12.0. The summed E-state index contributed by atoms with van der Waals surface area (Å²) in [7, 11) is 0. The Morgan fingerprint density at radius 2 is 2.29 bits per heavy atom. The first-order chi connectivity index (χ1) is 8.34. The molecule has 2 rings (SSSR count). The van der Waals surface area contributed by atoms with Gasteiger partial charge in [0.25, 0.3) is 0 Å². The lowest BCUT2D eigenvalue weighted by Gasteiger charge is -2.09. The highest BCUT2D eigenvalue weighted by Gasteiger charge is 2.14. The standard InChI is InChI=1S/C13H19N3O/c17-13(4-3-12-2-1-7-15-12)16-10-11-5-8-14-9-6-11/h5-6,8-9,12,15H,1-4,7,10H2,(H,16,17). The first-order valence-corrected chi connectivity index (χ1v) is 6.23. The Labute approximate surface area is 102 Å². The van der Waals surface area contributed by atoms with Crippen LogP contribution in [0.3, 0.4) is 0 Å². The number of aromatic nitrogens is 1. The van der Waals surface area contributed by atoms with E-state index < -0.39 is 0 Å². The highest BCUT2D eigenvalue weighted by molar-refractivity contribution is 5.75. The third-order valence-corrected chi connectivity index (χ3v) is 3.12. The number of pyridine rings is 1. The van der Waals surface area contributed by atoms with E-state index in [1.807, 2.05) is 12.1 Å². The monoisotopic (exact) mass is 233 g/mol. The van der Waals surface area contributed by atoms with Gasteiger partial charge in [0.05, 0.1) is 0 Å². The summed E-state index contributed by atoms with van der Waals surface area (Å²) in [4.78, 5) is 15.6. The Kier molecular flexibility index (Phi) is 4.50. The van der Waals surface area contributed by atoms with Crippen molar-refractivity contribution in [2.75, 3.05) is 6.54 Å². The number of nitrogens with zero attached hydrogens (tertiary/aromatic N) is 1. The molecular formula is C13H19N3O. The lowest BCUT2D eigenvalue weighted by atomic mass is 10.1. The van der Waals surface area contributed by atoms with Crippen LogP contribution in [0.5, 0.6) is 0 Å². The molecule has 0 saturated carbocycles. The molecule has 4 nitrogen and oxygen atoms in total. The Bertz CT molecular complexity index is 347. The molecule has 1 saturated heterocycles. The molecule has 92 valence electrons. The van der Waals surface area contributed by atoms with Crippen molar-refractivity contribution < 1.29 is 4.79 Å². The fourth-order valence-electron chi connectivity index (χ4n) is 2.10. The minimum absolute atomic E-state index is 0.135. The molecule has 1 amide bonds. The summed E-state index contributed by atoms with van der Waals surface area (Å²) in [6.07, 6.45) is 7.49. The van der Waals surface area contributed by atoms with Crippen LogP contribution < -0.4 is 10.6 Å². The van der Waals surface area contributed by atoms with Crippen LogP contribution in [0.15, 0.2) is 24.5 Å². The van der Waals surface area contributed by atoms with Gasteiger partial charge in [-0.05, 0) is 43.5 Å². The highest BCUT2D eigenvalue weighted by atomic mass is 16.1. The summed E-state index contributed by atoms with van der Waals surface area (Å²) in [5.41, 5.74) is 1.09. The van der Waals surface area contributed by atoms with Crippen molar-refractivity contribution in [3.63, 3.8) is 0 Å². The summed E-state index contributed by atoms with van der Waals surface area (Å²) in [6, 6.07) is 4.37. The molecule has 1 atom stereocenters. The van der Waals surface area contributed by atoms with Gasteiger partial charge in [0.2, 0.25) is 5.91 Å². The smallest absolute Gasteiger partial charge is 0.220 e. The number of carbonyl (C=O) groups is 1. The van der Waals surface area contributed by atoms with Gasteiger partial charge in [-0.1, -0.05) is 0 Å². The maximum absolute atomic E-state index is 11.6. The Balaban J connectivity index is 1.64. The minimum Gasteiger partial charge on any atom is -0.352 e. The summed E-state index contributed by atoms with van der Waals surface area (Å²) in [5.74, 6) is 0.135. The zero-order valence-corrected chi connectivity index (χ0v) is 9.98. The SMILES string of the molecule is O=C(CCC1CCCN1)NCc1ccncc1. The van der Waals surface area contributed by atoms with Gasteiger partial charge >= 0.3 is 0 Å². The van der Waals surface area contributed by atoms with Crippen LogP contribution in [0.1, 0.15) is 31.2 Å². The normalized spacial score (nSPS) is 19.2. The van der Waals surface area contributed by atoms with Gasteiger partial charge in [0.15, 0.2) is 0 Å². The van der Waals surface area contributed by atoms with Crippen LogP contribution in [0, 0.1) is 0 Å². The van der Waals surface area contributed by atoms with Crippen molar-refractivity contribution in [1.82, 2.24) is 15.6 Å². The number of carbonyl (C=O) groups excluding carboxylic acids is 1. The summed E-state index contributed by atoms with van der Waals surface area (Å²) < 4.78 is 0. The molecule has 4 heteroatoms. The predicted octanol–water partition coefficient (Wildman–Crippen LogP) is 1.23. The van der Waals surface area contributed by atoms with Gasteiger partial charge in [-0.25, -0.2) is 0 Å². The molecule has 0 spiro atoms. The minimum atomic E-state index is 0.135. The third kappa shape index (κ3) is 4.15. The fraction of sp³-hybridized carbons (Fsp3) is 0.538. The molecule has 17 heavy (non-hydrogen) atoms. The lowest BCUT2D eigenvalue weighted by Crippen LogP contribution is -2.27. The summed E-state index contributed by atoms with van der Waals surface area (Å²) in [6.45, 7) is 1.70. The highest BCUT2D eigenvalue weighted by Crippen LogP contribution is 2.10. The number of hydrogen-bond donors (Lipinski definition) is 2. The zero-order chi connectivity index (χ0) is 11.9. The van der Waals surface area contributed by atoms with E-state index in [4.69, 9.17) is 0 Å². The lowest BCUT2D eigenvalue weighted by molar-refractivity contribution is -0.121. The van der Waals surface area contributed by atoms with E-state index in [0.29, 0.717) is 19.0 Å². The van der Waals surface area contributed by atoms with Crippen LogP contribution in [-0.2, 0) is 11.3 Å². The molecule has 0 aromatic carbocycles. The molecular weight excluding hydrogens is 214 g/mol. The number of nitrogens with one attached hydrogen (secondary N) is 2. The van der Waals surface area contributed by atoms with Gasteiger partial charge in [-0.3, -0.25) is 9.78 Å². The van der Waals surface area contributed by atoms with Crippen LogP contribution in [-0.4, -0.2) is 23.5 Å². The van der Waals surface area contributed by atoms with Crippen LogP contribution in [0.4, 0.5) is 0 Å². The second-order valence-electron chi connectivity index (χ2n) is 4.46. The largest absolute Gasteiger partial charge is 0.352 e. The average Bonchev–Trinajstić information content (AvgIpc) is 2.88. The van der Waals surface area contributed by atoms with E-state index in [0.717, 1.165) is 18.5 Å². The maximum Gasteiger partial charge on any atom is 0.220 e. The second kappa shape index (κ2) is 6.35. The van der Waals surface area contributed by atoms with Gasteiger partial charge < -0.3 is 10.6 Å². The van der Waals surface area contributed by atoms with Gasteiger partial charge in [0.1, 0.15) is 0 Å². The Hall–Kier alpha value is -1.42. The fourth-order valence-corrected chi connectivity index (χ4v) is 2.10. The predicted molar refractivity (Wildman–Crippen MR) is 66.3 cm³/mol. The molecule has 1 aromatic heterocycles. The average molecular weight is 233 g/mol. The molecule has 0 aliphatic carbocycles. The van der Waals surface area contributed by atoms with E-state index in [9.17, 15) is 4.79 Å². The van der Waals surface area contributed by atoms with Crippen molar-refractivity contribution >= 4 is 5.91 Å². The van der Waals surface area contributed by atoms with Crippen LogP contribution in [0.2, 0.25) is 0 Å².